The highest BCUT2D eigenvalue weighted by molar-refractivity contribution is 8.26. The second kappa shape index (κ2) is 12.0. The van der Waals surface area contributed by atoms with Gasteiger partial charge in [0, 0.05) is 24.7 Å². The van der Waals surface area contributed by atoms with E-state index in [-0.39, 0.29) is 23.1 Å². The van der Waals surface area contributed by atoms with Crippen molar-refractivity contribution in [3.05, 3.63) is 55.7 Å². The summed E-state index contributed by atoms with van der Waals surface area (Å²) in [4.78, 5) is 28.8. The predicted molar refractivity (Wildman–Crippen MR) is 155 cm³/mol. The van der Waals surface area contributed by atoms with Crippen LogP contribution in [0.1, 0.15) is 54.9 Å². The zero-order valence-electron chi connectivity index (χ0n) is 22.1. The highest BCUT2D eigenvalue weighted by Gasteiger charge is 2.38. The number of benzene rings is 1. The largest absolute Gasteiger partial charge is 0.493 e. The summed E-state index contributed by atoms with van der Waals surface area (Å²) in [6.45, 7) is 4.50. The molecular formula is C28H32N4O4S2. The van der Waals surface area contributed by atoms with Crippen LogP contribution in [0.5, 0.6) is 11.5 Å². The van der Waals surface area contributed by atoms with E-state index in [1.807, 2.05) is 25.1 Å². The van der Waals surface area contributed by atoms with Crippen LogP contribution < -0.4 is 20.3 Å². The van der Waals surface area contributed by atoms with Gasteiger partial charge in [-0.2, -0.15) is 5.26 Å². The lowest BCUT2D eigenvalue weighted by molar-refractivity contribution is -0.123. The number of hydrogen-bond acceptors (Lipinski definition) is 8. The molecule has 2 fully saturated rings. The number of thioether (sulfide) groups is 1. The number of amides is 1. The van der Waals surface area contributed by atoms with Crippen molar-refractivity contribution in [2.24, 2.45) is 0 Å². The van der Waals surface area contributed by atoms with Gasteiger partial charge in [0.1, 0.15) is 21.8 Å². The number of hydrogen-bond donors (Lipinski definition) is 1. The number of aromatic nitrogens is 1. The second-order valence-corrected chi connectivity index (χ2v) is 11.0. The van der Waals surface area contributed by atoms with Gasteiger partial charge in [-0.3, -0.25) is 19.1 Å². The van der Waals surface area contributed by atoms with Crippen molar-refractivity contribution >= 4 is 46.1 Å². The molecule has 0 bridgehead atoms. The number of ether oxygens (including phenoxy) is 2. The van der Waals surface area contributed by atoms with E-state index in [2.05, 4.69) is 11.4 Å². The topological polar surface area (TPSA) is 96.6 Å². The van der Waals surface area contributed by atoms with Crippen molar-refractivity contribution in [3.8, 4) is 17.6 Å². The quantitative estimate of drug-likeness (QED) is 0.348. The fraction of sp³-hybridized carbons (Fsp3) is 0.429. The number of rotatable bonds is 9. The van der Waals surface area contributed by atoms with Crippen LogP contribution in [0.3, 0.4) is 0 Å². The third kappa shape index (κ3) is 5.31. The van der Waals surface area contributed by atoms with Gasteiger partial charge >= 0.3 is 0 Å². The number of nitrogens with one attached hydrogen (secondary N) is 1. The molecule has 1 aromatic carbocycles. The molecule has 2 heterocycles. The van der Waals surface area contributed by atoms with Gasteiger partial charge in [-0.1, -0.05) is 42.9 Å². The maximum Gasteiger partial charge on any atom is 0.270 e. The molecule has 10 heteroatoms. The van der Waals surface area contributed by atoms with Crippen molar-refractivity contribution in [2.45, 2.75) is 58.5 Å². The van der Waals surface area contributed by atoms with Gasteiger partial charge in [0.25, 0.3) is 11.5 Å². The van der Waals surface area contributed by atoms with Crippen LogP contribution in [0.2, 0.25) is 0 Å². The third-order valence-corrected chi connectivity index (χ3v) is 8.46. The molecule has 1 aliphatic heterocycles. The Morgan fingerprint density at radius 1 is 1.21 bits per heavy atom. The molecular weight excluding hydrogens is 520 g/mol. The lowest BCUT2D eigenvalue weighted by Gasteiger charge is -2.22. The number of nitriles is 1. The first-order valence-corrected chi connectivity index (χ1v) is 14.0. The Bertz CT molecular complexity index is 1390. The molecule has 2 aliphatic rings. The lowest BCUT2D eigenvalue weighted by Crippen LogP contribution is -2.36. The molecule has 1 N–H and O–H groups in total. The monoisotopic (exact) mass is 552 g/mol. The van der Waals surface area contributed by atoms with Crippen molar-refractivity contribution < 1.29 is 14.3 Å². The van der Waals surface area contributed by atoms with Gasteiger partial charge < -0.3 is 14.8 Å². The van der Waals surface area contributed by atoms with Gasteiger partial charge in [0.15, 0.2) is 11.5 Å². The highest BCUT2D eigenvalue weighted by Crippen LogP contribution is 2.39. The molecule has 4 rings (SSSR count). The number of anilines is 1. The zero-order valence-corrected chi connectivity index (χ0v) is 23.8. The molecule has 0 radical (unpaired) electrons. The first-order valence-electron chi connectivity index (χ1n) is 12.7. The Kier molecular flexibility index (Phi) is 8.80. The fourth-order valence-corrected chi connectivity index (χ4v) is 6.49. The van der Waals surface area contributed by atoms with E-state index in [4.69, 9.17) is 21.7 Å². The first-order chi connectivity index (χ1) is 18.3. The number of pyridine rings is 1. The summed E-state index contributed by atoms with van der Waals surface area (Å²) in [6.07, 6.45) is 6.55. The van der Waals surface area contributed by atoms with Crippen LogP contribution in [-0.2, 0) is 17.8 Å². The summed E-state index contributed by atoms with van der Waals surface area (Å²) in [7, 11) is 3.19. The van der Waals surface area contributed by atoms with Gasteiger partial charge in [0.05, 0.1) is 19.1 Å². The van der Waals surface area contributed by atoms with Crippen LogP contribution in [0, 0.1) is 18.3 Å². The molecule has 0 spiro atoms. The van der Waals surface area contributed by atoms with Crippen LogP contribution in [0.25, 0.3) is 6.08 Å². The Balaban J connectivity index is 1.69. The van der Waals surface area contributed by atoms with Crippen molar-refractivity contribution in [1.82, 2.24) is 9.47 Å². The first kappa shape index (κ1) is 27.7. The normalized spacial score (nSPS) is 16.8. The fourth-order valence-electron chi connectivity index (χ4n) is 5.10. The maximum atomic E-state index is 13.4. The molecule has 0 unspecified atom stereocenters. The van der Waals surface area contributed by atoms with Crippen LogP contribution in [0.4, 0.5) is 5.82 Å². The summed E-state index contributed by atoms with van der Waals surface area (Å²) >= 11 is 6.86. The van der Waals surface area contributed by atoms with Crippen LogP contribution in [-0.4, -0.2) is 46.5 Å². The zero-order chi connectivity index (χ0) is 27.4. The minimum Gasteiger partial charge on any atom is -0.493 e. The Labute approximate surface area is 232 Å². The number of carbonyl (C=O) groups excluding carboxylic acids is 1. The van der Waals surface area contributed by atoms with E-state index in [0.29, 0.717) is 57.2 Å². The number of methoxy groups -OCH3 is 2. The lowest BCUT2D eigenvalue weighted by atomic mass is 10.0. The minimum atomic E-state index is -0.350. The Morgan fingerprint density at radius 2 is 1.92 bits per heavy atom. The molecule has 1 saturated carbocycles. The predicted octanol–water partition coefficient (Wildman–Crippen LogP) is 4.86. The van der Waals surface area contributed by atoms with E-state index < -0.39 is 0 Å². The summed E-state index contributed by atoms with van der Waals surface area (Å²) in [5, 5.41) is 13.2. The molecule has 8 nitrogen and oxygen atoms in total. The average molecular weight is 553 g/mol. The van der Waals surface area contributed by atoms with Crippen molar-refractivity contribution in [1.29, 1.82) is 5.26 Å². The molecule has 0 atom stereocenters. The summed E-state index contributed by atoms with van der Waals surface area (Å²) in [6, 6.07) is 7.96. The number of carbonyl (C=O) groups is 1. The highest BCUT2D eigenvalue weighted by atomic mass is 32.2. The molecule has 1 aromatic heterocycles. The second-order valence-electron chi connectivity index (χ2n) is 9.28. The number of thiocarbonyl (C=S) groups is 1. The van der Waals surface area contributed by atoms with Crippen LogP contribution in [0.15, 0.2) is 27.9 Å². The van der Waals surface area contributed by atoms with Gasteiger partial charge in [-0.15, -0.1) is 0 Å². The van der Waals surface area contributed by atoms with Crippen molar-refractivity contribution in [2.75, 3.05) is 26.1 Å². The standard InChI is InChI=1S/C28H32N4O4S2/c1-5-31-25(30-13-12-18-10-11-22(35-3)23(14-18)36-4)20(17(2)21(16-29)26(31)33)15-24-27(34)32(28(37)38-24)19-8-6-7-9-19/h10-11,14-15,19,30H,5-9,12-13H2,1-4H3/b24-15+. The smallest absolute Gasteiger partial charge is 0.270 e. The molecule has 200 valence electrons. The Morgan fingerprint density at radius 3 is 2.55 bits per heavy atom. The summed E-state index contributed by atoms with van der Waals surface area (Å²) < 4.78 is 12.9. The van der Waals surface area contributed by atoms with Gasteiger partial charge in [-0.05, 0) is 62.4 Å². The maximum absolute atomic E-state index is 13.4. The Hall–Kier alpha value is -3.29. The van der Waals surface area contributed by atoms with Crippen molar-refractivity contribution in [3.63, 3.8) is 0 Å². The third-order valence-electron chi connectivity index (χ3n) is 7.13. The number of nitrogens with zero attached hydrogens (tertiary/aromatic N) is 3. The summed E-state index contributed by atoms with van der Waals surface area (Å²) in [5.41, 5.74) is 1.96. The molecule has 38 heavy (non-hydrogen) atoms. The summed E-state index contributed by atoms with van der Waals surface area (Å²) in [5.74, 6) is 1.79. The minimum absolute atomic E-state index is 0.0785. The SMILES string of the molecule is CCn1c(NCCc2ccc(OC)c(OC)c2)c(/C=C2/SC(=S)N(C3CCCC3)C2=O)c(C)c(C#N)c1=O. The van der Waals surface area contributed by atoms with E-state index >= 15 is 0 Å². The van der Waals surface area contributed by atoms with E-state index in [1.54, 1.807) is 36.7 Å². The van der Waals surface area contributed by atoms with Gasteiger partial charge in [0.2, 0.25) is 0 Å². The molecule has 1 aliphatic carbocycles. The van der Waals surface area contributed by atoms with E-state index in [9.17, 15) is 14.9 Å². The van der Waals surface area contributed by atoms with E-state index in [0.717, 1.165) is 31.2 Å². The van der Waals surface area contributed by atoms with Gasteiger partial charge in [-0.25, -0.2) is 0 Å². The molecule has 2 aromatic rings. The average Bonchev–Trinajstić information content (AvgIpc) is 3.53. The van der Waals surface area contributed by atoms with E-state index in [1.165, 1.54) is 11.8 Å². The van der Waals surface area contributed by atoms with Crippen LogP contribution >= 0.6 is 24.0 Å². The molecule has 1 saturated heterocycles. The molecule has 1 amide bonds.